The predicted octanol–water partition coefficient (Wildman–Crippen LogP) is 6.88. The fraction of sp³-hybridized carbons (Fsp3) is 0.382. The number of pyridine rings is 2. The SMILES string of the molecule is Cc1cnc(-c2ccc(-c3n[nH]c4ncc(-c5ccc6c(c5)CC[C@@](C)(N5CCC[C@H]5C)CC6)cc34)nc2)c(C)n1. The molecule has 208 valence electrons. The minimum absolute atomic E-state index is 0.286. The van der Waals surface area contributed by atoms with Crippen LogP contribution >= 0.6 is 0 Å². The third kappa shape index (κ3) is 4.72. The van der Waals surface area contributed by atoms with Crippen molar-refractivity contribution in [1.29, 1.82) is 0 Å². The maximum atomic E-state index is 4.75. The number of aromatic nitrogens is 6. The van der Waals surface area contributed by atoms with Crippen molar-refractivity contribution in [2.75, 3.05) is 6.54 Å². The lowest BCUT2D eigenvalue weighted by Crippen LogP contribution is -2.48. The molecule has 0 bridgehead atoms. The van der Waals surface area contributed by atoms with Crippen molar-refractivity contribution in [1.82, 2.24) is 35.0 Å². The van der Waals surface area contributed by atoms with Crippen LogP contribution in [0.4, 0.5) is 0 Å². The summed E-state index contributed by atoms with van der Waals surface area (Å²) in [5.41, 5.74) is 11.5. The van der Waals surface area contributed by atoms with E-state index in [1.807, 2.05) is 38.4 Å². The summed E-state index contributed by atoms with van der Waals surface area (Å²) in [6.07, 6.45) is 13.0. The molecule has 7 nitrogen and oxygen atoms in total. The molecule has 0 unspecified atom stereocenters. The van der Waals surface area contributed by atoms with Crippen LogP contribution in [0.1, 0.15) is 62.0 Å². The molecule has 0 radical (unpaired) electrons. The van der Waals surface area contributed by atoms with Crippen LogP contribution in [-0.4, -0.2) is 53.2 Å². The molecule has 0 spiro atoms. The lowest BCUT2D eigenvalue weighted by molar-refractivity contribution is 0.0821. The zero-order valence-corrected chi connectivity index (χ0v) is 24.4. The van der Waals surface area contributed by atoms with Gasteiger partial charge in [0.1, 0.15) is 5.69 Å². The van der Waals surface area contributed by atoms with E-state index >= 15 is 0 Å². The number of rotatable bonds is 4. The molecule has 0 saturated carbocycles. The van der Waals surface area contributed by atoms with Crippen molar-refractivity contribution < 1.29 is 0 Å². The van der Waals surface area contributed by atoms with Gasteiger partial charge in [0, 0.05) is 46.7 Å². The molecular formula is C34H37N7. The summed E-state index contributed by atoms with van der Waals surface area (Å²) >= 11 is 0. The first-order valence-corrected chi connectivity index (χ1v) is 14.9. The molecule has 7 rings (SSSR count). The Morgan fingerprint density at radius 3 is 2.41 bits per heavy atom. The fourth-order valence-corrected chi connectivity index (χ4v) is 7.05. The summed E-state index contributed by atoms with van der Waals surface area (Å²) in [5.74, 6) is 0. The third-order valence-corrected chi connectivity index (χ3v) is 9.42. The second-order valence-corrected chi connectivity index (χ2v) is 12.2. The van der Waals surface area contributed by atoms with Gasteiger partial charge in [-0.05, 0) is 108 Å². The van der Waals surface area contributed by atoms with E-state index in [1.54, 1.807) is 6.20 Å². The number of fused-ring (bicyclic) bond motifs is 2. The Morgan fingerprint density at radius 1 is 0.854 bits per heavy atom. The number of nitrogens with zero attached hydrogens (tertiary/aromatic N) is 6. The van der Waals surface area contributed by atoms with Crippen molar-refractivity contribution in [3.05, 3.63) is 77.5 Å². The highest BCUT2D eigenvalue weighted by Crippen LogP contribution is 2.38. The summed E-state index contributed by atoms with van der Waals surface area (Å²) in [6.45, 7) is 10.1. The summed E-state index contributed by atoms with van der Waals surface area (Å²) in [6, 6.07) is 13.9. The van der Waals surface area contributed by atoms with E-state index < -0.39 is 0 Å². The van der Waals surface area contributed by atoms with Crippen molar-refractivity contribution in [2.24, 2.45) is 0 Å². The minimum Gasteiger partial charge on any atom is -0.295 e. The van der Waals surface area contributed by atoms with Crippen LogP contribution < -0.4 is 0 Å². The number of aromatic amines is 1. The lowest BCUT2D eigenvalue weighted by Gasteiger charge is -2.41. The maximum absolute atomic E-state index is 4.75. The van der Waals surface area contributed by atoms with Crippen molar-refractivity contribution in [3.63, 3.8) is 0 Å². The number of hydrogen-bond acceptors (Lipinski definition) is 6. The van der Waals surface area contributed by atoms with Crippen LogP contribution in [0.5, 0.6) is 0 Å². The highest BCUT2D eigenvalue weighted by molar-refractivity contribution is 5.92. The van der Waals surface area contributed by atoms with Crippen molar-refractivity contribution in [3.8, 4) is 33.8 Å². The average molecular weight is 544 g/mol. The molecule has 0 amide bonds. The number of likely N-dealkylation sites (tertiary alicyclic amines) is 1. The van der Waals surface area contributed by atoms with E-state index in [9.17, 15) is 0 Å². The van der Waals surface area contributed by atoms with E-state index in [0.29, 0.717) is 6.04 Å². The quantitative estimate of drug-likeness (QED) is 0.249. The normalized spacial score (nSPS) is 21.2. The zero-order valence-electron chi connectivity index (χ0n) is 24.4. The molecule has 1 aromatic carbocycles. The molecule has 1 saturated heterocycles. The molecule has 1 aliphatic carbocycles. The molecule has 41 heavy (non-hydrogen) atoms. The van der Waals surface area contributed by atoms with Gasteiger partial charge < -0.3 is 0 Å². The molecule has 1 aliphatic heterocycles. The molecule has 5 heterocycles. The molecule has 2 atom stereocenters. The molecule has 1 N–H and O–H groups in total. The number of hydrogen-bond donors (Lipinski definition) is 1. The number of aryl methyl sites for hydroxylation is 4. The minimum atomic E-state index is 0.286. The molecule has 2 aliphatic rings. The van der Waals surface area contributed by atoms with Crippen LogP contribution in [0.2, 0.25) is 0 Å². The Hall–Kier alpha value is -3.97. The van der Waals surface area contributed by atoms with Crippen LogP contribution in [-0.2, 0) is 12.8 Å². The fourth-order valence-electron chi connectivity index (χ4n) is 7.05. The molecule has 1 fully saturated rings. The van der Waals surface area contributed by atoms with Gasteiger partial charge in [-0.15, -0.1) is 0 Å². The Kier molecular flexibility index (Phi) is 6.42. The van der Waals surface area contributed by atoms with Gasteiger partial charge in [0.25, 0.3) is 0 Å². The largest absolute Gasteiger partial charge is 0.295 e. The number of nitrogens with one attached hydrogen (secondary N) is 1. The van der Waals surface area contributed by atoms with Crippen LogP contribution in [0.15, 0.2) is 55.0 Å². The monoisotopic (exact) mass is 543 g/mol. The second-order valence-electron chi connectivity index (χ2n) is 12.2. The number of H-pyrrole nitrogens is 1. The molecule has 4 aromatic heterocycles. The van der Waals surface area contributed by atoms with Gasteiger partial charge in [-0.1, -0.05) is 18.2 Å². The first-order chi connectivity index (χ1) is 19.9. The van der Waals surface area contributed by atoms with Crippen LogP contribution in [0.3, 0.4) is 0 Å². The van der Waals surface area contributed by atoms with Gasteiger partial charge >= 0.3 is 0 Å². The Labute approximate surface area is 241 Å². The lowest BCUT2D eigenvalue weighted by atomic mass is 9.89. The van der Waals surface area contributed by atoms with Gasteiger partial charge in [0.05, 0.1) is 22.8 Å². The van der Waals surface area contributed by atoms with E-state index in [4.69, 9.17) is 9.97 Å². The maximum Gasteiger partial charge on any atom is 0.155 e. The third-order valence-electron chi connectivity index (χ3n) is 9.42. The number of benzene rings is 1. The van der Waals surface area contributed by atoms with Gasteiger partial charge in [0.15, 0.2) is 5.65 Å². The first-order valence-electron chi connectivity index (χ1n) is 14.9. The van der Waals surface area contributed by atoms with Crippen molar-refractivity contribution in [2.45, 2.75) is 77.8 Å². The zero-order chi connectivity index (χ0) is 28.1. The summed E-state index contributed by atoms with van der Waals surface area (Å²) < 4.78 is 0. The first kappa shape index (κ1) is 26.0. The highest BCUT2D eigenvalue weighted by Gasteiger charge is 2.38. The van der Waals surface area contributed by atoms with E-state index in [-0.39, 0.29) is 5.54 Å². The molecule has 7 heteroatoms. The van der Waals surface area contributed by atoms with Gasteiger partial charge in [-0.2, -0.15) is 5.10 Å². The second kappa shape index (κ2) is 10.1. The average Bonchev–Trinajstić information content (AvgIpc) is 3.57. The van der Waals surface area contributed by atoms with E-state index in [2.05, 4.69) is 63.2 Å². The molecule has 5 aromatic rings. The van der Waals surface area contributed by atoms with Crippen molar-refractivity contribution >= 4 is 11.0 Å². The summed E-state index contributed by atoms with van der Waals surface area (Å²) in [7, 11) is 0. The highest BCUT2D eigenvalue weighted by atomic mass is 15.2. The van der Waals surface area contributed by atoms with Crippen LogP contribution in [0.25, 0.3) is 44.8 Å². The summed E-state index contributed by atoms with van der Waals surface area (Å²) in [5, 5.41) is 8.66. The van der Waals surface area contributed by atoms with Gasteiger partial charge in [-0.25, -0.2) is 4.98 Å². The smallest absolute Gasteiger partial charge is 0.155 e. The standard InChI is InChI=1S/C34H37N7/c1-21-18-36-31(23(3)38-21)27-9-10-30(35-19-27)32-29-17-28(20-37-33(29)40-39-32)25-8-7-24-11-13-34(4,14-12-26(24)16-25)41-15-5-6-22(41)2/h7-10,16-20,22H,5-6,11-15H2,1-4H3,(H,37,39,40)/t22-,34+/m1/s1. The van der Waals surface area contributed by atoms with Crippen LogP contribution in [0, 0.1) is 13.8 Å². The Bertz CT molecular complexity index is 1740. The van der Waals surface area contributed by atoms with E-state index in [1.165, 1.54) is 48.9 Å². The van der Waals surface area contributed by atoms with E-state index in [0.717, 1.165) is 63.5 Å². The predicted molar refractivity (Wildman–Crippen MR) is 164 cm³/mol. The summed E-state index contributed by atoms with van der Waals surface area (Å²) in [4.78, 5) is 21.4. The Morgan fingerprint density at radius 2 is 1.66 bits per heavy atom. The topological polar surface area (TPSA) is 83.5 Å². The van der Waals surface area contributed by atoms with Gasteiger partial charge in [-0.3, -0.25) is 25.0 Å². The molecular weight excluding hydrogens is 506 g/mol. The Balaban J connectivity index is 1.17. The van der Waals surface area contributed by atoms with Gasteiger partial charge in [0.2, 0.25) is 0 Å².